The van der Waals surface area contributed by atoms with Gasteiger partial charge in [-0.05, 0) is 46.0 Å². The fourth-order valence-corrected chi connectivity index (χ4v) is 2.70. The van der Waals surface area contributed by atoms with Gasteiger partial charge in [-0.1, -0.05) is 23.2 Å². The topological polar surface area (TPSA) is 72.3 Å². The summed E-state index contributed by atoms with van der Waals surface area (Å²) in [5, 5.41) is 19.2. The SMILES string of the molecule is Clc1ccc(Cl)c(-n2ncc(-c3nn[nH]n3)c2I)c1. The summed E-state index contributed by atoms with van der Waals surface area (Å²) < 4.78 is 2.50. The van der Waals surface area contributed by atoms with Gasteiger partial charge in [0.2, 0.25) is 5.82 Å². The van der Waals surface area contributed by atoms with Crippen LogP contribution in [-0.4, -0.2) is 30.4 Å². The summed E-state index contributed by atoms with van der Waals surface area (Å²) in [5.41, 5.74) is 1.47. The number of halogens is 3. The van der Waals surface area contributed by atoms with Gasteiger partial charge in [-0.25, -0.2) is 4.68 Å². The molecule has 0 unspecified atom stereocenters. The Morgan fingerprint density at radius 2 is 2.11 bits per heavy atom. The first kappa shape index (κ1) is 12.8. The zero-order chi connectivity index (χ0) is 13.4. The Kier molecular flexibility index (Phi) is 3.42. The highest BCUT2D eigenvalue weighted by Gasteiger charge is 2.16. The van der Waals surface area contributed by atoms with Gasteiger partial charge in [0, 0.05) is 5.02 Å². The number of aromatic amines is 1. The first-order chi connectivity index (χ1) is 9.16. The minimum absolute atomic E-state index is 0.480. The Hall–Kier alpha value is -1.19. The van der Waals surface area contributed by atoms with Gasteiger partial charge in [0.15, 0.2) is 0 Å². The van der Waals surface area contributed by atoms with E-state index in [1.54, 1.807) is 29.1 Å². The van der Waals surface area contributed by atoms with Gasteiger partial charge in [-0.3, -0.25) is 0 Å². The van der Waals surface area contributed by atoms with Gasteiger partial charge in [0.1, 0.15) is 3.70 Å². The van der Waals surface area contributed by atoms with Crippen LogP contribution in [0.3, 0.4) is 0 Å². The normalized spacial score (nSPS) is 10.9. The lowest BCUT2D eigenvalue weighted by Crippen LogP contribution is -2.00. The zero-order valence-electron chi connectivity index (χ0n) is 9.18. The predicted octanol–water partition coefficient (Wildman–Crippen LogP) is 2.96. The Labute approximate surface area is 131 Å². The van der Waals surface area contributed by atoms with Gasteiger partial charge in [-0.2, -0.15) is 10.3 Å². The second kappa shape index (κ2) is 5.06. The monoisotopic (exact) mass is 406 g/mol. The zero-order valence-corrected chi connectivity index (χ0v) is 12.8. The van der Waals surface area contributed by atoms with E-state index in [-0.39, 0.29) is 0 Å². The van der Waals surface area contributed by atoms with Crippen molar-refractivity contribution in [3.05, 3.63) is 38.1 Å². The summed E-state index contributed by atoms with van der Waals surface area (Å²) >= 11 is 14.3. The molecule has 2 heterocycles. The maximum atomic E-state index is 6.16. The van der Waals surface area contributed by atoms with Crippen LogP contribution in [0.5, 0.6) is 0 Å². The molecule has 0 aliphatic rings. The molecule has 0 saturated heterocycles. The molecule has 3 aromatic rings. The predicted molar refractivity (Wildman–Crippen MR) is 79.5 cm³/mol. The third-order valence-electron chi connectivity index (χ3n) is 2.43. The van der Waals surface area contributed by atoms with Crippen molar-refractivity contribution in [1.29, 1.82) is 0 Å². The number of benzene rings is 1. The van der Waals surface area contributed by atoms with E-state index in [0.29, 0.717) is 21.6 Å². The molecule has 0 spiro atoms. The van der Waals surface area contributed by atoms with Crippen LogP contribution in [0.2, 0.25) is 10.0 Å². The number of tetrazole rings is 1. The molecule has 6 nitrogen and oxygen atoms in total. The molecule has 2 aromatic heterocycles. The molecule has 9 heteroatoms. The number of H-pyrrole nitrogens is 1. The second-order valence-electron chi connectivity index (χ2n) is 3.59. The molecule has 0 aliphatic carbocycles. The molecule has 0 amide bonds. The maximum absolute atomic E-state index is 6.16. The molecule has 96 valence electrons. The average molecular weight is 407 g/mol. The third-order valence-corrected chi connectivity index (χ3v) is 4.03. The fourth-order valence-electron chi connectivity index (χ4n) is 1.58. The highest BCUT2D eigenvalue weighted by Crippen LogP contribution is 2.29. The van der Waals surface area contributed by atoms with Crippen molar-refractivity contribution in [2.45, 2.75) is 0 Å². The van der Waals surface area contributed by atoms with Crippen molar-refractivity contribution < 1.29 is 0 Å². The quantitative estimate of drug-likeness (QED) is 0.664. The summed E-state index contributed by atoms with van der Waals surface area (Å²) in [6.07, 6.45) is 1.66. The van der Waals surface area contributed by atoms with E-state index in [9.17, 15) is 0 Å². The van der Waals surface area contributed by atoms with Crippen LogP contribution in [0.15, 0.2) is 24.4 Å². The molecule has 3 rings (SSSR count). The second-order valence-corrected chi connectivity index (χ2v) is 5.46. The van der Waals surface area contributed by atoms with Gasteiger partial charge in [-0.15, -0.1) is 10.2 Å². The van der Waals surface area contributed by atoms with Crippen LogP contribution < -0.4 is 0 Å². The minimum Gasteiger partial charge on any atom is -0.225 e. The molecule has 19 heavy (non-hydrogen) atoms. The molecule has 0 bridgehead atoms. The van der Waals surface area contributed by atoms with Crippen molar-refractivity contribution in [2.24, 2.45) is 0 Å². The maximum Gasteiger partial charge on any atom is 0.208 e. The van der Waals surface area contributed by atoms with Crippen molar-refractivity contribution in [1.82, 2.24) is 30.4 Å². The summed E-state index contributed by atoms with van der Waals surface area (Å²) in [7, 11) is 0. The Morgan fingerprint density at radius 3 is 2.84 bits per heavy atom. The first-order valence-corrected chi connectivity index (χ1v) is 6.93. The van der Waals surface area contributed by atoms with E-state index in [1.165, 1.54) is 0 Å². The van der Waals surface area contributed by atoms with Gasteiger partial charge in [0.05, 0.1) is 22.5 Å². The smallest absolute Gasteiger partial charge is 0.208 e. The van der Waals surface area contributed by atoms with E-state index in [4.69, 9.17) is 23.2 Å². The van der Waals surface area contributed by atoms with Crippen LogP contribution in [0, 0.1) is 3.70 Å². The Balaban J connectivity index is 2.15. The number of nitrogens with zero attached hydrogens (tertiary/aromatic N) is 5. The molecule has 1 aromatic carbocycles. The van der Waals surface area contributed by atoms with Crippen molar-refractivity contribution in [2.75, 3.05) is 0 Å². The van der Waals surface area contributed by atoms with Crippen LogP contribution in [0.1, 0.15) is 0 Å². The molecular weight excluding hydrogens is 402 g/mol. The number of aromatic nitrogens is 6. The first-order valence-electron chi connectivity index (χ1n) is 5.09. The molecule has 1 N–H and O–H groups in total. The van der Waals surface area contributed by atoms with Gasteiger partial charge >= 0.3 is 0 Å². The summed E-state index contributed by atoms with van der Waals surface area (Å²) in [6, 6.07) is 5.20. The van der Waals surface area contributed by atoms with E-state index >= 15 is 0 Å². The highest BCUT2D eigenvalue weighted by atomic mass is 127. The van der Waals surface area contributed by atoms with Crippen molar-refractivity contribution >= 4 is 45.8 Å². The molecular formula is C10H5Cl2IN6. The number of rotatable bonds is 2. The van der Waals surface area contributed by atoms with Crippen LogP contribution in [-0.2, 0) is 0 Å². The van der Waals surface area contributed by atoms with Gasteiger partial charge in [0.25, 0.3) is 0 Å². The lowest BCUT2D eigenvalue weighted by Gasteiger charge is -2.06. The lowest BCUT2D eigenvalue weighted by molar-refractivity contribution is 0.859. The van der Waals surface area contributed by atoms with Crippen LogP contribution in [0.25, 0.3) is 17.1 Å². The van der Waals surface area contributed by atoms with Crippen LogP contribution >= 0.6 is 45.8 Å². The summed E-state index contributed by atoms with van der Waals surface area (Å²) in [4.78, 5) is 0. The molecule has 0 saturated carbocycles. The Bertz CT molecular complexity index is 724. The summed E-state index contributed by atoms with van der Waals surface area (Å²) in [5.74, 6) is 0.480. The molecule has 0 radical (unpaired) electrons. The number of hydrogen-bond acceptors (Lipinski definition) is 4. The average Bonchev–Trinajstić information content (AvgIpc) is 3.01. The summed E-state index contributed by atoms with van der Waals surface area (Å²) in [6.45, 7) is 0. The highest BCUT2D eigenvalue weighted by molar-refractivity contribution is 14.1. The third kappa shape index (κ3) is 2.33. The largest absolute Gasteiger partial charge is 0.225 e. The lowest BCUT2D eigenvalue weighted by atomic mass is 10.3. The van der Waals surface area contributed by atoms with Gasteiger partial charge < -0.3 is 0 Å². The molecule has 0 fully saturated rings. The number of nitrogens with one attached hydrogen (secondary N) is 1. The van der Waals surface area contributed by atoms with Crippen LogP contribution in [0.4, 0.5) is 0 Å². The molecule has 0 aliphatic heterocycles. The standard InChI is InChI=1S/C10H5Cl2IN6/c11-5-1-2-7(12)8(3-5)19-9(13)6(4-14-19)10-15-17-18-16-10/h1-4H,(H,15,16,17,18). The Morgan fingerprint density at radius 1 is 1.26 bits per heavy atom. The number of hydrogen-bond donors (Lipinski definition) is 1. The van der Waals surface area contributed by atoms with E-state index in [1.807, 2.05) is 0 Å². The van der Waals surface area contributed by atoms with Crippen molar-refractivity contribution in [3.63, 3.8) is 0 Å². The van der Waals surface area contributed by atoms with E-state index < -0.39 is 0 Å². The van der Waals surface area contributed by atoms with E-state index in [0.717, 1.165) is 9.26 Å². The minimum atomic E-state index is 0.480. The van der Waals surface area contributed by atoms with Crippen molar-refractivity contribution in [3.8, 4) is 17.1 Å². The van der Waals surface area contributed by atoms with E-state index in [2.05, 4.69) is 48.3 Å². The molecule has 0 atom stereocenters. The fraction of sp³-hybridized carbons (Fsp3) is 0.